The molecular weight excluding hydrogens is 431 g/mol. The van der Waals surface area contributed by atoms with Crippen LogP contribution in [-0.2, 0) is 14.3 Å². The molecule has 3 rings (SSSR count). The van der Waals surface area contributed by atoms with Gasteiger partial charge in [0.05, 0.1) is 18.7 Å². The van der Waals surface area contributed by atoms with E-state index in [1.165, 1.54) is 31.4 Å². The second kappa shape index (κ2) is 10.2. The Morgan fingerprint density at radius 2 is 1.82 bits per heavy atom. The predicted molar refractivity (Wildman–Crippen MR) is 119 cm³/mol. The topological polar surface area (TPSA) is 109 Å². The van der Waals surface area contributed by atoms with Gasteiger partial charge >= 0.3 is 18.1 Å². The van der Waals surface area contributed by atoms with Crippen molar-refractivity contribution in [3.63, 3.8) is 0 Å². The molecule has 2 heterocycles. The van der Waals surface area contributed by atoms with Crippen molar-refractivity contribution in [3.8, 4) is 0 Å². The number of hydrogen-bond donors (Lipinski definition) is 3. The number of nitrogens with one attached hydrogen (secondary N) is 3. The van der Waals surface area contributed by atoms with Gasteiger partial charge in [-0.25, -0.2) is 18.8 Å². The SMILES string of the molecule is COC(=O)C1=C(CN2CCC(NC(=O)OC(C)(C)C)CC2)NC(=O)N[C@H]1c1ccc(F)cc1. The van der Waals surface area contributed by atoms with E-state index in [1.54, 1.807) is 0 Å². The minimum Gasteiger partial charge on any atom is -0.466 e. The molecule has 0 aromatic heterocycles. The largest absolute Gasteiger partial charge is 0.466 e. The fourth-order valence-electron chi connectivity index (χ4n) is 3.93. The van der Waals surface area contributed by atoms with Crippen LogP contribution in [0.4, 0.5) is 14.0 Å². The van der Waals surface area contributed by atoms with Crippen LogP contribution in [0, 0.1) is 5.82 Å². The molecule has 1 atom stereocenters. The molecule has 33 heavy (non-hydrogen) atoms. The third-order valence-electron chi connectivity index (χ3n) is 5.45. The number of alkyl carbamates (subject to hydrolysis) is 1. The first-order valence-electron chi connectivity index (χ1n) is 10.9. The molecule has 3 amide bonds. The number of carbonyl (C=O) groups excluding carboxylic acids is 3. The van der Waals surface area contributed by atoms with Gasteiger partial charge in [-0.3, -0.25) is 4.90 Å². The highest BCUT2D eigenvalue weighted by atomic mass is 19.1. The quantitative estimate of drug-likeness (QED) is 0.581. The van der Waals surface area contributed by atoms with Gasteiger partial charge in [0.25, 0.3) is 0 Å². The molecule has 1 fully saturated rings. The van der Waals surface area contributed by atoms with Crippen LogP contribution in [0.5, 0.6) is 0 Å². The van der Waals surface area contributed by atoms with E-state index in [4.69, 9.17) is 9.47 Å². The van der Waals surface area contributed by atoms with E-state index in [9.17, 15) is 18.8 Å². The second-order valence-corrected chi connectivity index (χ2v) is 9.16. The molecule has 1 aromatic carbocycles. The maximum atomic E-state index is 13.4. The van der Waals surface area contributed by atoms with Gasteiger partial charge in [0.15, 0.2) is 0 Å². The fourth-order valence-corrected chi connectivity index (χ4v) is 3.93. The number of halogens is 1. The van der Waals surface area contributed by atoms with Crippen LogP contribution in [0.25, 0.3) is 0 Å². The predicted octanol–water partition coefficient (Wildman–Crippen LogP) is 2.60. The highest BCUT2D eigenvalue weighted by molar-refractivity contribution is 5.95. The summed E-state index contributed by atoms with van der Waals surface area (Å²) in [6.45, 7) is 7.08. The molecule has 1 aromatic rings. The Bertz CT molecular complexity index is 918. The first-order chi connectivity index (χ1) is 15.6. The Balaban J connectivity index is 1.71. The Morgan fingerprint density at radius 3 is 2.39 bits per heavy atom. The summed E-state index contributed by atoms with van der Waals surface area (Å²) in [7, 11) is 1.28. The number of amides is 3. The van der Waals surface area contributed by atoms with Crippen molar-refractivity contribution in [2.45, 2.75) is 51.3 Å². The maximum Gasteiger partial charge on any atom is 0.407 e. The van der Waals surface area contributed by atoms with Crippen molar-refractivity contribution in [1.82, 2.24) is 20.9 Å². The molecule has 0 spiro atoms. The second-order valence-electron chi connectivity index (χ2n) is 9.16. The highest BCUT2D eigenvalue weighted by Gasteiger charge is 2.34. The first-order valence-corrected chi connectivity index (χ1v) is 10.9. The normalized spacial score (nSPS) is 20.0. The number of ether oxygens (including phenoxy) is 2. The molecule has 0 radical (unpaired) electrons. The van der Waals surface area contributed by atoms with Crippen molar-refractivity contribution >= 4 is 18.1 Å². The summed E-state index contributed by atoms with van der Waals surface area (Å²) >= 11 is 0. The highest BCUT2D eigenvalue weighted by Crippen LogP contribution is 2.28. The third kappa shape index (κ3) is 6.67. The van der Waals surface area contributed by atoms with Gasteiger partial charge in [-0.2, -0.15) is 0 Å². The lowest BCUT2D eigenvalue weighted by Gasteiger charge is -2.35. The molecule has 180 valence electrons. The van der Waals surface area contributed by atoms with E-state index in [0.29, 0.717) is 43.7 Å². The zero-order valence-electron chi connectivity index (χ0n) is 19.4. The number of likely N-dealkylation sites (tertiary alicyclic amines) is 1. The van der Waals surface area contributed by atoms with E-state index in [0.717, 1.165) is 0 Å². The van der Waals surface area contributed by atoms with Gasteiger partial charge < -0.3 is 25.4 Å². The van der Waals surface area contributed by atoms with Crippen LogP contribution < -0.4 is 16.0 Å². The van der Waals surface area contributed by atoms with Gasteiger partial charge in [0.2, 0.25) is 0 Å². The Morgan fingerprint density at radius 1 is 1.18 bits per heavy atom. The molecular formula is C23H31FN4O5. The summed E-state index contributed by atoms with van der Waals surface area (Å²) in [6, 6.07) is 4.39. The molecule has 2 aliphatic rings. The lowest BCUT2D eigenvalue weighted by molar-refractivity contribution is -0.136. The molecule has 10 heteroatoms. The van der Waals surface area contributed by atoms with E-state index in [-0.39, 0.29) is 11.6 Å². The van der Waals surface area contributed by atoms with Crippen LogP contribution in [0.1, 0.15) is 45.2 Å². The number of rotatable bonds is 5. The smallest absolute Gasteiger partial charge is 0.407 e. The number of methoxy groups -OCH3 is 1. The molecule has 2 aliphatic heterocycles. The lowest BCUT2D eigenvalue weighted by Crippen LogP contribution is -2.50. The van der Waals surface area contributed by atoms with Crippen LogP contribution in [-0.4, -0.2) is 61.4 Å². The van der Waals surface area contributed by atoms with Crippen molar-refractivity contribution < 1.29 is 28.2 Å². The Kier molecular flexibility index (Phi) is 7.57. The van der Waals surface area contributed by atoms with Crippen molar-refractivity contribution in [2.75, 3.05) is 26.7 Å². The molecule has 0 saturated carbocycles. The average molecular weight is 463 g/mol. The van der Waals surface area contributed by atoms with E-state index < -0.39 is 35.6 Å². The first kappa shape index (κ1) is 24.5. The summed E-state index contributed by atoms with van der Waals surface area (Å²) in [5.41, 5.74) is 0.733. The van der Waals surface area contributed by atoms with Gasteiger partial charge in [0.1, 0.15) is 11.4 Å². The Labute approximate surface area is 192 Å². The number of piperidine rings is 1. The number of urea groups is 1. The molecule has 1 saturated heterocycles. The monoisotopic (exact) mass is 462 g/mol. The molecule has 0 aliphatic carbocycles. The van der Waals surface area contributed by atoms with Gasteiger partial charge in [0, 0.05) is 31.4 Å². The zero-order valence-corrected chi connectivity index (χ0v) is 19.4. The maximum absolute atomic E-state index is 13.4. The molecule has 0 bridgehead atoms. The van der Waals surface area contributed by atoms with Gasteiger partial charge in [-0.1, -0.05) is 12.1 Å². The number of nitrogens with zero attached hydrogens (tertiary/aromatic N) is 1. The molecule has 0 unspecified atom stereocenters. The van der Waals surface area contributed by atoms with E-state index >= 15 is 0 Å². The summed E-state index contributed by atoms with van der Waals surface area (Å²) in [6.07, 6.45) is 0.964. The van der Waals surface area contributed by atoms with Crippen molar-refractivity contribution in [3.05, 3.63) is 46.9 Å². The molecule has 9 nitrogen and oxygen atoms in total. The lowest BCUT2D eigenvalue weighted by atomic mass is 9.94. The number of hydrogen-bond acceptors (Lipinski definition) is 6. The summed E-state index contributed by atoms with van der Waals surface area (Å²) < 4.78 is 23.7. The minimum atomic E-state index is -0.756. The summed E-state index contributed by atoms with van der Waals surface area (Å²) in [4.78, 5) is 39.1. The van der Waals surface area contributed by atoms with Crippen molar-refractivity contribution in [2.24, 2.45) is 0 Å². The molecule has 3 N–H and O–H groups in total. The number of benzene rings is 1. The Hall–Kier alpha value is -3.14. The van der Waals surface area contributed by atoms with E-state index in [2.05, 4.69) is 20.9 Å². The minimum absolute atomic E-state index is 0.0141. The standard InChI is InChI=1S/C23H31FN4O5/c1-23(2,3)33-22(31)25-16-9-11-28(12-10-16)13-17-18(20(29)32-4)19(27-21(30)26-17)14-5-7-15(24)8-6-14/h5-8,16,19H,9-13H2,1-4H3,(H,25,31)(H2,26,27,30)/t19-/m0/s1. The average Bonchev–Trinajstić information content (AvgIpc) is 2.73. The van der Waals surface area contributed by atoms with Crippen LogP contribution in [0.3, 0.4) is 0 Å². The van der Waals surface area contributed by atoms with Crippen LogP contribution in [0.2, 0.25) is 0 Å². The summed E-state index contributed by atoms with van der Waals surface area (Å²) in [5.74, 6) is -0.987. The van der Waals surface area contributed by atoms with Crippen molar-refractivity contribution in [1.29, 1.82) is 0 Å². The fraction of sp³-hybridized carbons (Fsp3) is 0.522. The van der Waals surface area contributed by atoms with Crippen LogP contribution in [0.15, 0.2) is 35.5 Å². The van der Waals surface area contributed by atoms with E-state index in [1.807, 2.05) is 20.8 Å². The summed E-state index contributed by atoms with van der Waals surface area (Å²) in [5, 5.41) is 8.34. The zero-order chi connectivity index (χ0) is 24.2. The number of esters is 1. The number of carbonyl (C=O) groups is 3. The van der Waals surface area contributed by atoms with Crippen LogP contribution >= 0.6 is 0 Å². The third-order valence-corrected chi connectivity index (χ3v) is 5.45. The van der Waals surface area contributed by atoms with Gasteiger partial charge in [-0.15, -0.1) is 0 Å². The van der Waals surface area contributed by atoms with Gasteiger partial charge in [-0.05, 0) is 51.3 Å².